The van der Waals surface area contributed by atoms with Crippen molar-refractivity contribution < 1.29 is 0 Å². The Morgan fingerprint density at radius 1 is 1.26 bits per heavy atom. The summed E-state index contributed by atoms with van der Waals surface area (Å²) in [5, 5.41) is 9.15. The summed E-state index contributed by atoms with van der Waals surface area (Å²) in [5.74, 6) is 0. The van der Waals surface area contributed by atoms with Crippen LogP contribution in [-0.2, 0) is 6.42 Å². The van der Waals surface area contributed by atoms with Crippen LogP contribution in [0, 0.1) is 25.2 Å². The van der Waals surface area contributed by atoms with Gasteiger partial charge in [0.1, 0.15) is 10.9 Å². The van der Waals surface area contributed by atoms with Crippen LogP contribution in [0.2, 0.25) is 0 Å². The molecule has 19 heavy (non-hydrogen) atoms. The molecule has 0 amide bonds. The molecular formula is C16H18N2S. The zero-order valence-corrected chi connectivity index (χ0v) is 12.4. The van der Waals surface area contributed by atoms with E-state index in [1.807, 2.05) is 0 Å². The van der Waals surface area contributed by atoms with Crippen LogP contribution in [0.5, 0.6) is 0 Å². The van der Waals surface area contributed by atoms with Crippen molar-refractivity contribution in [2.45, 2.75) is 33.6 Å². The average Bonchev–Trinajstić information content (AvgIpc) is 2.71. The zero-order valence-electron chi connectivity index (χ0n) is 11.6. The standard InChI is InChI=1S/C16H18N2S/c1-4-5-13-15(18)14(9-17)19-16(13)12-7-6-10(2)11(3)8-12/h6-8H,4-5,18H2,1-3H3. The molecule has 0 aliphatic rings. The molecule has 0 radical (unpaired) electrons. The Hall–Kier alpha value is -1.79. The number of aryl methyl sites for hydroxylation is 2. The first kappa shape index (κ1) is 13.6. The summed E-state index contributed by atoms with van der Waals surface area (Å²) in [7, 11) is 0. The molecule has 2 nitrogen and oxygen atoms in total. The molecule has 0 atom stereocenters. The van der Waals surface area contributed by atoms with Crippen molar-refractivity contribution in [3.63, 3.8) is 0 Å². The highest BCUT2D eigenvalue weighted by Gasteiger charge is 2.16. The zero-order chi connectivity index (χ0) is 14.0. The molecule has 0 spiro atoms. The monoisotopic (exact) mass is 270 g/mol. The van der Waals surface area contributed by atoms with Gasteiger partial charge in [-0.2, -0.15) is 5.26 Å². The Morgan fingerprint density at radius 2 is 2.00 bits per heavy atom. The first-order chi connectivity index (χ1) is 9.08. The van der Waals surface area contributed by atoms with Gasteiger partial charge in [0.2, 0.25) is 0 Å². The molecule has 0 unspecified atom stereocenters. The second-order valence-electron chi connectivity index (χ2n) is 4.81. The molecule has 0 saturated heterocycles. The Morgan fingerprint density at radius 3 is 2.58 bits per heavy atom. The predicted molar refractivity (Wildman–Crippen MR) is 82.4 cm³/mol. The quantitative estimate of drug-likeness (QED) is 0.896. The van der Waals surface area contributed by atoms with Crippen molar-refractivity contribution in [3.8, 4) is 16.5 Å². The number of hydrogen-bond acceptors (Lipinski definition) is 3. The first-order valence-electron chi connectivity index (χ1n) is 6.47. The Balaban J connectivity index is 2.60. The number of hydrogen-bond donors (Lipinski definition) is 1. The SMILES string of the molecule is CCCc1c(-c2ccc(C)c(C)c2)sc(C#N)c1N. The molecule has 0 saturated carbocycles. The fraction of sp³-hybridized carbons (Fsp3) is 0.312. The molecule has 0 aliphatic carbocycles. The third-order valence-corrected chi connectivity index (χ3v) is 4.62. The number of thiophene rings is 1. The van der Waals surface area contributed by atoms with E-state index in [4.69, 9.17) is 11.0 Å². The summed E-state index contributed by atoms with van der Waals surface area (Å²) in [5.41, 5.74) is 11.6. The Kier molecular flexibility index (Phi) is 3.92. The summed E-state index contributed by atoms with van der Waals surface area (Å²) >= 11 is 1.51. The van der Waals surface area contributed by atoms with Crippen LogP contribution >= 0.6 is 11.3 Å². The molecule has 98 valence electrons. The number of nitriles is 1. The van der Waals surface area contributed by atoms with E-state index in [0.29, 0.717) is 10.6 Å². The van der Waals surface area contributed by atoms with Gasteiger partial charge >= 0.3 is 0 Å². The van der Waals surface area contributed by atoms with Crippen LogP contribution in [0.1, 0.15) is 34.9 Å². The van der Waals surface area contributed by atoms with Gasteiger partial charge in [0.05, 0.1) is 5.69 Å². The van der Waals surface area contributed by atoms with Crippen molar-refractivity contribution in [3.05, 3.63) is 39.8 Å². The smallest absolute Gasteiger partial charge is 0.128 e. The lowest BCUT2D eigenvalue weighted by atomic mass is 10.0. The van der Waals surface area contributed by atoms with E-state index in [1.54, 1.807) is 0 Å². The lowest BCUT2D eigenvalue weighted by Crippen LogP contribution is -1.93. The van der Waals surface area contributed by atoms with Crippen LogP contribution in [0.25, 0.3) is 10.4 Å². The number of anilines is 1. The molecule has 0 fully saturated rings. The van der Waals surface area contributed by atoms with Gasteiger partial charge in [0, 0.05) is 4.88 Å². The van der Waals surface area contributed by atoms with Crippen LogP contribution in [0.15, 0.2) is 18.2 Å². The number of rotatable bonds is 3. The van der Waals surface area contributed by atoms with Crippen molar-refractivity contribution in [1.29, 1.82) is 5.26 Å². The molecule has 1 aromatic carbocycles. The number of nitrogen functional groups attached to an aromatic ring is 1. The Bertz CT molecular complexity index is 647. The molecule has 0 aliphatic heterocycles. The maximum atomic E-state index is 9.15. The van der Waals surface area contributed by atoms with Crippen LogP contribution in [0.3, 0.4) is 0 Å². The minimum absolute atomic E-state index is 0.636. The summed E-state index contributed by atoms with van der Waals surface area (Å²) in [6.45, 7) is 6.35. The molecule has 3 heteroatoms. The Labute approximate surface area is 118 Å². The molecule has 2 aromatic rings. The lowest BCUT2D eigenvalue weighted by molar-refractivity contribution is 0.930. The molecular weight excluding hydrogens is 252 g/mol. The van der Waals surface area contributed by atoms with Crippen LogP contribution < -0.4 is 5.73 Å². The second kappa shape index (κ2) is 5.46. The van der Waals surface area contributed by atoms with E-state index in [0.717, 1.165) is 23.3 Å². The third kappa shape index (κ3) is 2.50. The van der Waals surface area contributed by atoms with Gasteiger partial charge in [-0.25, -0.2) is 0 Å². The number of nitrogens with zero attached hydrogens (tertiary/aromatic N) is 1. The van der Waals surface area contributed by atoms with Crippen molar-refractivity contribution >= 4 is 17.0 Å². The van der Waals surface area contributed by atoms with E-state index >= 15 is 0 Å². The van der Waals surface area contributed by atoms with Gasteiger partial charge in [0.25, 0.3) is 0 Å². The number of benzene rings is 1. The van der Waals surface area contributed by atoms with Crippen molar-refractivity contribution in [1.82, 2.24) is 0 Å². The predicted octanol–water partition coefficient (Wildman–Crippen LogP) is 4.44. The third-order valence-electron chi connectivity index (χ3n) is 3.42. The maximum absolute atomic E-state index is 9.15. The van der Waals surface area contributed by atoms with Gasteiger partial charge < -0.3 is 5.73 Å². The lowest BCUT2D eigenvalue weighted by Gasteiger charge is -2.07. The summed E-state index contributed by atoms with van der Waals surface area (Å²) in [4.78, 5) is 1.79. The number of nitrogens with two attached hydrogens (primary N) is 1. The van der Waals surface area contributed by atoms with E-state index in [2.05, 4.69) is 45.0 Å². The maximum Gasteiger partial charge on any atom is 0.128 e. The molecule has 2 N–H and O–H groups in total. The van der Waals surface area contributed by atoms with Crippen LogP contribution in [0.4, 0.5) is 5.69 Å². The van der Waals surface area contributed by atoms with Gasteiger partial charge in [-0.15, -0.1) is 11.3 Å². The average molecular weight is 270 g/mol. The highest BCUT2D eigenvalue weighted by atomic mass is 32.1. The second-order valence-corrected chi connectivity index (χ2v) is 5.83. The van der Waals surface area contributed by atoms with E-state index in [1.165, 1.54) is 28.0 Å². The minimum Gasteiger partial charge on any atom is -0.397 e. The molecule has 0 bridgehead atoms. The fourth-order valence-corrected chi connectivity index (χ4v) is 3.24. The van der Waals surface area contributed by atoms with E-state index < -0.39 is 0 Å². The van der Waals surface area contributed by atoms with Gasteiger partial charge in [-0.3, -0.25) is 0 Å². The largest absolute Gasteiger partial charge is 0.397 e. The van der Waals surface area contributed by atoms with Gasteiger partial charge in [-0.05, 0) is 42.5 Å². The molecule has 1 heterocycles. The van der Waals surface area contributed by atoms with E-state index in [-0.39, 0.29) is 0 Å². The molecule has 2 rings (SSSR count). The fourth-order valence-electron chi connectivity index (χ4n) is 2.18. The first-order valence-corrected chi connectivity index (χ1v) is 7.29. The topological polar surface area (TPSA) is 49.8 Å². The summed E-state index contributed by atoms with van der Waals surface area (Å²) in [6, 6.07) is 8.63. The van der Waals surface area contributed by atoms with Crippen molar-refractivity contribution in [2.24, 2.45) is 0 Å². The molecule has 1 aromatic heterocycles. The van der Waals surface area contributed by atoms with Crippen LogP contribution in [-0.4, -0.2) is 0 Å². The van der Waals surface area contributed by atoms with Crippen molar-refractivity contribution in [2.75, 3.05) is 5.73 Å². The van der Waals surface area contributed by atoms with E-state index in [9.17, 15) is 0 Å². The van der Waals surface area contributed by atoms with Gasteiger partial charge in [0.15, 0.2) is 0 Å². The normalized spacial score (nSPS) is 10.4. The summed E-state index contributed by atoms with van der Waals surface area (Å²) < 4.78 is 0. The summed E-state index contributed by atoms with van der Waals surface area (Å²) in [6.07, 6.45) is 1.95. The van der Waals surface area contributed by atoms with Gasteiger partial charge in [-0.1, -0.05) is 31.5 Å². The minimum atomic E-state index is 0.636. The highest BCUT2D eigenvalue weighted by Crippen LogP contribution is 2.39. The highest BCUT2D eigenvalue weighted by molar-refractivity contribution is 7.16.